The van der Waals surface area contributed by atoms with Crippen molar-refractivity contribution in [2.45, 2.75) is 51.6 Å². The molecule has 0 aliphatic heterocycles. The third-order valence-electron chi connectivity index (χ3n) is 3.31. The Morgan fingerprint density at radius 2 is 1.65 bits per heavy atom. The molecule has 23 heavy (non-hydrogen) atoms. The van der Waals surface area contributed by atoms with Crippen molar-refractivity contribution < 1.29 is 27.8 Å². The quantitative estimate of drug-likeness (QED) is 0.913. The fraction of sp³-hybridized carbons (Fsp3) is 0.562. The van der Waals surface area contributed by atoms with Crippen molar-refractivity contribution >= 4 is 6.09 Å². The van der Waals surface area contributed by atoms with Gasteiger partial charge in [0.15, 0.2) is 5.54 Å². The molecule has 1 atom stereocenters. The number of rotatable bonds is 4. The average molecular weight is 333 g/mol. The van der Waals surface area contributed by atoms with Crippen LogP contribution in [0.4, 0.5) is 18.0 Å². The molecule has 0 aliphatic carbocycles. The molecule has 0 bridgehead atoms. The number of alkyl halides is 3. The molecule has 7 heteroatoms. The SMILES string of the molecule is CC(C)(C)OC(=O)N(Cc1ccccc1)C(C)(CO)C(F)(F)F. The summed E-state index contributed by atoms with van der Waals surface area (Å²) >= 11 is 0. The van der Waals surface area contributed by atoms with E-state index in [9.17, 15) is 23.1 Å². The molecule has 0 aromatic heterocycles. The molecule has 1 N–H and O–H groups in total. The minimum atomic E-state index is -4.81. The second-order valence-corrected chi connectivity index (χ2v) is 6.48. The van der Waals surface area contributed by atoms with Crippen LogP contribution in [0.5, 0.6) is 0 Å². The van der Waals surface area contributed by atoms with Crippen molar-refractivity contribution in [2.24, 2.45) is 0 Å². The fourth-order valence-electron chi connectivity index (χ4n) is 1.85. The van der Waals surface area contributed by atoms with Gasteiger partial charge in [-0.05, 0) is 33.3 Å². The molecule has 1 unspecified atom stereocenters. The molecular formula is C16H22F3NO3. The molecule has 4 nitrogen and oxygen atoms in total. The molecule has 0 saturated heterocycles. The number of amides is 1. The Bertz CT molecular complexity index is 526. The van der Waals surface area contributed by atoms with Crippen LogP contribution in [0.15, 0.2) is 30.3 Å². The van der Waals surface area contributed by atoms with Gasteiger partial charge in [-0.25, -0.2) is 4.79 Å². The summed E-state index contributed by atoms with van der Waals surface area (Å²) in [6.45, 7) is 3.88. The minimum Gasteiger partial charge on any atom is -0.444 e. The summed E-state index contributed by atoms with van der Waals surface area (Å²) in [6.07, 6.45) is -5.94. The maximum atomic E-state index is 13.4. The van der Waals surface area contributed by atoms with E-state index < -0.39 is 30.0 Å². The van der Waals surface area contributed by atoms with E-state index in [1.165, 1.54) is 0 Å². The Labute approximate surface area is 133 Å². The second-order valence-electron chi connectivity index (χ2n) is 6.48. The molecule has 0 radical (unpaired) electrons. The molecule has 1 aromatic rings. The van der Waals surface area contributed by atoms with Gasteiger partial charge in [0.25, 0.3) is 0 Å². The smallest absolute Gasteiger partial charge is 0.413 e. The lowest BCUT2D eigenvalue weighted by Crippen LogP contribution is -2.61. The summed E-state index contributed by atoms with van der Waals surface area (Å²) in [5.74, 6) is 0. The summed E-state index contributed by atoms with van der Waals surface area (Å²) in [5, 5.41) is 9.35. The number of halogens is 3. The van der Waals surface area contributed by atoms with Gasteiger partial charge in [0.2, 0.25) is 0 Å². The predicted molar refractivity (Wildman–Crippen MR) is 79.8 cm³/mol. The molecule has 130 valence electrons. The summed E-state index contributed by atoms with van der Waals surface area (Å²) < 4.78 is 45.4. The Hall–Kier alpha value is -1.76. The molecule has 0 spiro atoms. The van der Waals surface area contributed by atoms with E-state index in [1.54, 1.807) is 51.1 Å². The lowest BCUT2D eigenvalue weighted by Gasteiger charge is -2.41. The molecule has 1 rings (SSSR count). The monoisotopic (exact) mass is 333 g/mol. The van der Waals surface area contributed by atoms with Gasteiger partial charge in [0, 0.05) is 0 Å². The van der Waals surface area contributed by atoms with E-state index in [4.69, 9.17) is 4.74 Å². The molecule has 0 saturated carbocycles. The molecule has 0 heterocycles. The minimum absolute atomic E-state index is 0.327. The van der Waals surface area contributed by atoms with Crippen molar-refractivity contribution in [1.82, 2.24) is 4.90 Å². The number of aliphatic hydroxyl groups excluding tert-OH is 1. The zero-order valence-electron chi connectivity index (χ0n) is 13.6. The van der Waals surface area contributed by atoms with Gasteiger partial charge in [0.05, 0.1) is 13.2 Å². The molecule has 1 aromatic carbocycles. The third kappa shape index (κ3) is 4.86. The highest BCUT2D eigenvalue weighted by Crippen LogP contribution is 2.37. The largest absolute Gasteiger partial charge is 0.444 e. The normalized spacial score (nSPS) is 15.0. The van der Waals surface area contributed by atoms with Crippen molar-refractivity contribution in [3.63, 3.8) is 0 Å². The van der Waals surface area contributed by atoms with Gasteiger partial charge in [-0.15, -0.1) is 0 Å². The standard InChI is InChI=1S/C16H22F3NO3/c1-14(2,3)23-13(22)20(10-12-8-6-5-7-9-12)15(4,11-21)16(17,18)19/h5-9,21H,10-11H2,1-4H3. The van der Waals surface area contributed by atoms with Crippen LogP contribution in [0.1, 0.15) is 33.3 Å². The summed E-state index contributed by atoms with van der Waals surface area (Å²) in [7, 11) is 0. The maximum absolute atomic E-state index is 13.4. The van der Waals surface area contributed by atoms with Crippen molar-refractivity contribution in [3.05, 3.63) is 35.9 Å². The molecular weight excluding hydrogens is 311 g/mol. The maximum Gasteiger partial charge on any atom is 0.413 e. The predicted octanol–water partition coefficient (Wildman–Crippen LogP) is 3.74. The van der Waals surface area contributed by atoms with Crippen LogP contribution >= 0.6 is 0 Å². The highest BCUT2D eigenvalue weighted by Gasteiger charge is 2.57. The number of carbonyl (C=O) groups excluding carboxylic acids is 1. The summed E-state index contributed by atoms with van der Waals surface area (Å²) in [5.41, 5.74) is -3.19. The first-order valence-electron chi connectivity index (χ1n) is 7.13. The van der Waals surface area contributed by atoms with Crippen molar-refractivity contribution in [2.75, 3.05) is 6.61 Å². The van der Waals surface area contributed by atoms with Crippen LogP contribution in [-0.2, 0) is 11.3 Å². The van der Waals surface area contributed by atoms with Crippen LogP contribution < -0.4 is 0 Å². The molecule has 0 aliphatic rings. The zero-order chi connectivity index (χ0) is 17.9. The van der Waals surface area contributed by atoms with Crippen molar-refractivity contribution in [3.8, 4) is 0 Å². The first kappa shape index (κ1) is 19.3. The molecule has 0 fully saturated rings. The Kier molecular flexibility index (Phi) is 5.69. The van der Waals surface area contributed by atoms with E-state index >= 15 is 0 Å². The highest BCUT2D eigenvalue weighted by molar-refractivity contribution is 5.69. The first-order chi connectivity index (χ1) is 10.4. The van der Waals surface area contributed by atoms with Crippen LogP contribution in [0.2, 0.25) is 0 Å². The Morgan fingerprint density at radius 1 is 1.13 bits per heavy atom. The van der Waals surface area contributed by atoms with E-state index in [-0.39, 0.29) is 6.54 Å². The number of hydrogen-bond acceptors (Lipinski definition) is 3. The van der Waals surface area contributed by atoms with Crippen LogP contribution in [-0.4, -0.2) is 40.0 Å². The van der Waals surface area contributed by atoms with E-state index in [1.807, 2.05) is 0 Å². The van der Waals surface area contributed by atoms with E-state index in [0.717, 1.165) is 6.92 Å². The van der Waals surface area contributed by atoms with E-state index in [2.05, 4.69) is 0 Å². The number of ether oxygens (including phenoxy) is 1. The van der Waals surface area contributed by atoms with Crippen LogP contribution in [0, 0.1) is 0 Å². The second kappa shape index (κ2) is 6.78. The number of benzene rings is 1. The number of carbonyl (C=O) groups is 1. The third-order valence-corrected chi connectivity index (χ3v) is 3.31. The van der Waals surface area contributed by atoms with Crippen LogP contribution in [0.25, 0.3) is 0 Å². The van der Waals surface area contributed by atoms with Gasteiger partial charge in [0.1, 0.15) is 5.60 Å². The first-order valence-corrected chi connectivity index (χ1v) is 7.13. The van der Waals surface area contributed by atoms with Crippen molar-refractivity contribution in [1.29, 1.82) is 0 Å². The number of hydrogen-bond donors (Lipinski definition) is 1. The number of aliphatic hydroxyl groups is 1. The number of nitrogens with zero attached hydrogens (tertiary/aromatic N) is 1. The summed E-state index contributed by atoms with van der Waals surface area (Å²) in [6, 6.07) is 8.24. The van der Waals surface area contributed by atoms with E-state index in [0.29, 0.717) is 10.5 Å². The lowest BCUT2D eigenvalue weighted by atomic mass is 9.99. The lowest BCUT2D eigenvalue weighted by molar-refractivity contribution is -0.233. The van der Waals surface area contributed by atoms with Gasteiger partial charge >= 0.3 is 12.3 Å². The fourth-order valence-corrected chi connectivity index (χ4v) is 1.85. The summed E-state index contributed by atoms with van der Waals surface area (Å²) in [4.78, 5) is 12.8. The van der Waals surface area contributed by atoms with Gasteiger partial charge in [-0.1, -0.05) is 30.3 Å². The van der Waals surface area contributed by atoms with Gasteiger partial charge in [-0.3, -0.25) is 4.90 Å². The zero-order valence-corrected chi connectivity index (χ0v) is 13.6. The highest BCUT2D eigenvalue weighted by atomic mass is 19.4. The Balaban J connectivity index is 3.22. The molecule has 1 amide bonds. The van der Waals surface area contributed by atoms with Gasteiger partial charge < -0.3 is 9.84 Å². The van der Waals surface area contributed by atoms with Gasteiger partial charge in [-0.2, -0.15) is 13.2 Å². The Morgan fingerprint density at radius 3 is 2.04 bits per heavy atom. The topological polar surface area (TPSA) is 49.8 Å². The average Bonchev–Trinajstić information content (AvgIpc) is 2.42. The van der Waals surface area contributed by atoms with Crippen LogP contribution in [0.3, 0.4) is 0 Å².